The van der Waals surface area contributed by atoms with Crippen LogP contribution < -0.4 is 11.1 Å². The highest BCUT2D eigenvalue weighted by molar-refractivity contribution is 7.80. The number of aromatic nitrogens is 1. The van der Waals surface area contributed by atoms with Crippen molar-refractivity contribution in [1.29, 1.82) is 0 Å². The van der Waals surface area contributed by atoms with Gasteiger partial charge in [0, 0.05) is 6.20 Å². The van der Waals surface area contributed by atoms with Gasteiger partial charge in [-0.3, -0.25) is 0 Å². The normalized spacial score (nSPS) is 9.18. The van der Waals surface area contributed by atoms with Crippen LogP contribution in [0.4, 0.5) is 10.1 Å². The SMILES string of the molecule is NC(=S)Nc1cccnc1F. The molecule has 0 radical (unpaired) electrons. The Morgan fingerprint density at radius 1 is 1.73 bits per heavy atom. The summed E-state index contributed by atoms with van der Waals surface area (Å²) in [4.78, 5) is 3.39. The number of halogens is 1. The maximum Gasteiger partial charge on any atom is 0.236 e. The smallest absolute Gasteiger partial charge is 0.236 e. The van der Waals surface area contributed by atoms with Gasteiger partial charge < -0.3 is 11.1 Å². The van der Waals surface area contributed by atoms with Crippen molar-refractivity contribution in [3.63, 3.8) is 0 Å². The largest absolute Gasteiger partial charge is 0.376 e. The first-order chi connectivity index (χ1) is 5.20. The number of anilines is 1. The Morgan fingerprint density at radius 3 is 3.00 bits per heavy atom. The van der Waals surface area contributed by atoms with Gasteiger partial charge in [-0.15, -0.1) is 0 Å². The first-order valence-electron chi connectivity index (χ1n) is 2.87. The lowest BCUT2D eigenvalue weighted by Crippen LogP contribution is -2.19. The molecule has 0 bridgehead atoms. The zero-order chi connectivity index (χ0) is 8.27. The van der Waals surface area contributed by atoms with Crippen LogP contribution in [-0.4, -0.2) is 10.1 Å². The van der Waals surface area contributed by atoms with Crippen LogP contribution in [0.15, 0.2) is 18.3 Å². The van der Waals surface area contributed by atoms with Gasteiger partial charge in [0.2, 0.25) is 5.95 Å². The summed E-state index contributed by atoms with van der Waals surface area (Å²) in [5.41, 5.74) is 5.31. The summed E-state index contributed by atoms with van der Waals surface area (Å²) in [5.74, 6) is -0.611. The number of thiocarbonyl (C=S) groups is 1. The molecule has 5 heteroatoms. The maximum absolute atomic E-state index is 12.7. The molecule has 3 nitrogen and oxygen atoms in total. The van der Waals surface area contributed by atoms with Crippen LogP contribution in [-0.2, 0) is 0 Å². The zero-order valence-electron chi connectivity index (χ0n) is 5.54. The molecule has 1 aromatic rings. The van der Waals surface area contributed by atoms with Crippen LogP contribution in [0.3, 0.4) is 0 Å². The van der Waals surface area contributed by atoms with Gasteiger partial charge in [0.05, 0.1) is 5.69 Å². The van der Waals surface area contributed by atoms with E-state index in [0.717, 1.165) is 0 Å². The van der Waals surface area contributed by atoms with Gasteiger partial charge in [0.15, 0.2) is 5.11 Å². The molecule has 0 saturated heterocycles. The molecule has 3 N–H and O–H groups in total. The van der Waals surface area contributed by atoms with E-state index >= 15 is 0 Å². The quantitative estimate of drug-likeness (QED) is 0.486. The Labute approximate surface area is 68.4 Å². The zero-order valence-corrected chi connectivity index (χ0v) is 6.36. The molecule has 0 amide bonds. The Bertz CT molecular complexity index is 276. The summed E-state index contributed by atoms with van der Waals surface area (Å²) in [6.45, 7) is 0. The fourth-order valence-electron chi connectivity index (χ4n) is 0.612. The lowest BCUT2D eigenvalue weighted by atomic mass is 10.4. The van der Waals surface area contributed by atoms with Crippen LogP contribution in [0.2, 0.25) is 0 Å². The van der Waals surface area contributed by atoms with Crippen molar-refractivity contribution < 1.29 is 4.39 Å². The van der Waals surface area contributed by atoms with Crippen molar-refractivity contribution in [2.24, 2.45) is 5.73 Å². The minimum absolute atomic E-state index is 0.0249. The van der Waals surface area contributed by atoms with E-state index in [1.54, 1.807) is 6.07 Å². The van der Waals surface area contributed by atoms with Crippen LogP contribution >= 0.6 is 12.2 Å². The second kappa shape index (κ2) is 3.25. The second-order valence-corrected chi connectivity index (χ2v) is 2.27. The number of hydrogen-bond donors (Lipinski definition) is 2. The van der Waals surface area contributed by atoms with E-state index in [4.69, 9.17) is 5.73 Å². The van der Waals surface area contributed by atoms with Gasteiger partial charge in [0.25, 0.3) is 0 Å². The third kappa shape index (κ3) is 2.12. The molecule has 0 spiro atoms. The van der Waals surface area contributed by atoms with Gasteiger partial charge in [-0.2, -0.15) is 4.39 Å². The van der Waals surface area contributed by atoms with Crippen molar-refractivity contribution in [3.8, 4) is 0 Å². The fraction of sp³-hybridized carbons (Fsp3) is 0. The molecular weight excluding hydrogens is 165 g/mol. The molecular formula is C6H6FN3S. The minimum atomic E-state index is -0.611. The van der Waals surface area contributed by atoms with Gasteiger partial charge in [0.1, 0.15) is 0 Å². The molecule has 0 aromatic carbocycles. The summed E-state index contributed by atoms with van der Waals surface area (Å²) >= 11 is 4.51. The second-order valence-electron chi connectivity index (χ2n) is 1.83. The molecule has 11 heavy (non-hydrogen) atoms. The van der Waals surface area contributed by atoms with E-state index in [9.17, 15) is 4.39 Å². The first kappa shape index (κ1) is 7.87. The predicted molar refractivity (Wildman–Crippen MR) is 44.6 cm³/mol. The fourth-order valence-corrected chi connectivity index (χ4v) is 0.722. The molecule has 0 atom stereocenters. The number of rotatable bonds is 1. The molecule has 0 fully saturated rings. The van der Waals surface area contributed by atoms with E-state index in [2.05, 4.69) is 22.5 Å². The molecule has 0 unspecified atom stereocenters. The highest BCUT2D eigenvalue weighted by Crippen LogP contribution is 2.08. The molecule has 0 saturated carbocycles. The number of pyridine rings is 1. The van der Waals surface area contributed by atoms with Crippen molar-refractivity contribution in [1.82, 2.24) is 4.98 Å². The summed E-state index contributed by atoms with van der Waals surface area (Å²) in [7, 11) is 0. The Hall–Kier alpha value is -1.23. The Morgan fingerprint density at radius 2 is 2.45 bits per heavy atom. The van der Waals surface area contributed by atoms with Crippen LogP contribution in [0.25, 0.3) is 0 Å². The predicted octanol–water partition coefficient (Wildman–Crippen LogP) is 0.876. The average Bonchev–Trinajstić information content (AvgIpc) is 1.93. The number of nitrogens with one attached hydrogen (secondary N) is 1. The summed E-state index contributed by atoms with van der Waals surface area (Å²) in [5, 5.41) is 2.47. The number of nitrogens with two attached hydrogens (primary N) is 1. The van der Waals surface area contributed by atoms with Crippen LogP contribution in [0, 0.1) is 5.95 Å². The van der Waals surface area contributed by atoms with Crippen molar-refractivity contribution >= 4 is 23.0 Å². The monoisotopic (exact) mass is 171 g/mol. The van der Waals surface area contributed by atoms with Gasteiger partial charge >= 0.3 is 0 Å². The molecule has 1 rings (SSSR count). The summed E-state index contributed by atoms with van der Waals surface area (Å²) < 4.78 is 12.7. The average molecular weight is 171 g/mol. The summed E-state index contributed by atoms with van der Waals surface area (Å²) in [6.07, 6.45) is 1.35. The molecule has 1 aromatic heterocycles. The highest BCUT2D eigenvalue weighted by Gasteiger charge is 2.00. The van der Waals surface area contributed by atoms with Gasteiger partial charge in [-0.05, 0) is 24.4 Å². The molecule has 1 heterocycles. The Kier molecular flexibility index (Phi) is 2.32. The van der Waals surface area contributed by atoms with E-state index in [0.29, 0.717) is 0 Å². The van der Waals surface area contributed by atoms with Gasteiger partial charge in [-0.1, -0.05) is 0 Å². The van der Waals surface area contributed by atoms with Crippen molar-refractivity contribution in [3.05, 3.63) is 24.3 Å². The van der Waals surface area contributed by atoms with E-state index in [-0.39, 0.29) is 10.8 Å². The topological polar surface area (TPSA) is 50.9 Å². The Balaban J connectivity index is 2.86. The maximum atomic E-state index is 12.7. The number of nitrogens with zero attached hydrogens (tertiary/aromatic N) is 1. The minimum Gasteiger partial charge on any atom is -0.376 e. The molecule has 0 aliphatic carbocycles. The third-order valence-electron chi connectivity index (χ3n) is 1.02. The molecule has 0 aliphatic heterocycles. The van der Waals surface area contributed by atoms with E-state index in [1.165, 1.54) is 12.3 Å². The van der Waals surface area contributed by atoms with Crippen LogP contribution in [0.5, 0.6) is 0 Å². The van der Waals surface area contributed by atoms with E-state index < -0.39 is 5.95 Å². The lowest BCUT2D eigenvalue weighted by molar-refractivity contribution is 0.588. The van der Waals surface area contributed by atoms with Gasteiger partial charge in [-0.25, -0.2) is 4.98 Å². The third-order valence-corrected chi connectivity index (χ3v) is 1.12. The van der Waals surface area contributed by atoms with Crippen molar-refractivity contribution in [2.75, 3.05) is 5.32 Å². The van der Waals surface area contributed by atoms with E-state index in [1.807, 2.05) is 0 Å². The first-order valence-corrected chi connectivity index (χ1v) is 3.28. The molecule has 0 aliphatic rings. The lowest BCUT2D eigenvalue weighted by Gasteiger charge is -2.02. The van der Waals surface area contributed by atoms with Crippen LogP contribution in [0.1, 0.15) is 0 Å². The highest BCUT2D eigenvalue weighted by atomic mass is 32.1. The number of hydrogen-bond acceptors (Lipinski definition) is 2. The standard InChI is InChI=1S/C6H6FN3S/c7-5-4(10-6(8)11)2-1-3-9-5/h1-3H,(H3,8,10,11). The molecule has 58 valence electrons. The van der Waals surface area contributed by atoms with Crippen molar-refractivity contribution in [2.45, 2.75) is 0 Å². The summed E-state index contributed by atoms with van der Waals surface area (Å²) in [6, 6.07) is 3.09.